The molecule has 6 heteroatoms. The lowest BCUT2D eigenvalue weighted by Crippen LogP contribution is -2.12. The van der Waals surface area contributed by atoms with E-state index < -0.39 is 5.97 Å². The number of hydrogen-bond acceptors (Lipinski definition) is 3. The van der Waals surface area contributed by atoms with Crippen LogP contribution in [0.2, 0.25) is 5.02 Å². The van der Waals surface area contributed by atoms with E-state index in [1.807, 2.05) is 47.9 Å². The van der Waals surface area contributed by atoms with E-state index in [9.17, 15) is 9.90 Å². The third-order valence-electron chi connectivity index (χ3n) is 5.14. The van der Waals surface area contributed by atoms with Crippen molar-refractivity contribution < 1.29 is 19.4 Å². The number of rotatable bonds is 6. The zero-order valence-corrected chi connectivity index (χ0v) is 16.9. The third-order valence-corrected chi connectivity index (χ3v) is 5.38. The van der Waals surface area contributed by atoms with Crippen molar-refractivity contribution in [3.63, 3.8) is 0 Å². The number of carbonyl (C=O) groups is 1. The molecule has 1 saturated heterocycles. The van der Waals surface area contributed by atoms with Crippen molar-refractivity contribution in [2.75, 3.05) is 19.8 Å². The third kappa shape index (κ3) is 4.16. The molecule has 1 N–H and O–H groups in total. The van der Waals surface area contributed by atoms with Crippen LogP contribution in [0.4, 0.5) is 0 Å². The fourth-order valence-electron chi connectivity index (χ4n) is 3.62. The molecule has 1 aliphatic heterocycles. The number of nitrogens with zero attached hydrogens (tertiary/aromatic N) is 1. The van der Waals surface area contributed by atoms with Crippen LogP contribution in [0.5, 0.6) is 5.75 Å². The largest absolute Gasteiger partial charge is 0.493 e. The number of aromatic carboxylic acids is 1. The summed E-state index contributed by atoms with van der Waals surface area (Å²) in [5.41, 5.74) is 3.76. The molecule has 3 aromatic rings. The van der Waals surface area contributed by atoms with Crippen molar-refractivity contribution in [3.8, 4) is 22.7 Å². The standard InChI is InChI=1S/C23H22ClNO4/c1-15-5-7-21(25(15)19-4-2-3-17(11-19)23(26)27)20-12-18(24)6-8-22(20)29-14-16-9-10-28-13-16/h2-8,11-12,16H,9-10,13-14H2,1H3,(H,26,27). The molecule has 0 saturated carbocycles. The Morgan fingerprint density at radius 2 is 2.10 bits per heavy atom. The van der Waals surface area contributed by atoms with Gasteiger partial charge in [-0.2, -0.15) is 0 Å². The Kier molecular flexibility index (Phi) is 5.60. The zero-order valence-electron chi connectivity index (χ0n) is 16.1. The first-order valence-corrected chi connectivity index (χ1v) is 9.93. The molecule has 4 rings (SSSR count). The number of benzene rings is 2. The fraction of sp³-hybridized carbons (Fsp3) is 0.261. The lowest BCUT2D eigenvalue weighted by atomic mass is 10.1. The number of carboxylic acid groups (broad SMARTS) is 1. The number of aromatic nitrogens is 1. The minimum absolute atomic E-state index is 0.241. The van der Waals surface area contributed by atoms with Crippen LogP contribution in [0.3, 0.4) is 0 Å². The fourth-order valence-corrected chi connectivity index (χ4v) is 3.79. The quantitative estimate of drug-likeness (QED) is 0.604. The molecule has 0 aliphatic carbocycles. The first-order chi connectivity index (χ1) is 14.0. The van der Waals surface area contributed by atoms with Gasteiger partial charge >= 0.3 is 5.97 Å². The Morgan fingerprint density at radius 3 is 2.86 bits per heavy atom. The minimum Gasteiger partial charge on any atom is -0.493 e. The molecule has 1 aliphatic rings. The van der Waals surface area contributed by atoms with E-state index in [4.69, 9.17) is 21.1 Å². The van der Waals surface area contributed by atoms with Crippen LogP contribution in [-0.4, -0.2) is 35.5 Å². The molecule has 29 heavy (non-hydrogen) atoms. The first kappa shape index (κ1) is 19.6. The Labute approximate surface area is 174 Å². The van der Waals surface area contributed by atoms with E-state index in [2.05, 4.69) is 0 Å². The van der Waals surface area contributed by atoms with E-state index in [1.165, 1.54) is 0 Å². The summed E-state index contributed by atoms with van der Waals surface area (Å²) in [6.07, 6.45) is 1.00. The summed E-state index contributed by atoms with van der Waals surface area (Å²) in [6, 6.07) is 16.5. The highest BCUT2D eigenvalue weighted by molar-refractivity contribution is 6.31. The molecule has 5 nitrogen and oxygen atoms in total. The number of ether oxygens (including phenoxy) is 2. The normalized spacial score (nSPS) is 16.1. The molecular formula is C23H22ClNO4. The van der Waals surface area contributed by atoms with Crippen LogP contribution in [0.15, 0.2) is 54.6 Å². The van der Waals surface area contributed by atoms with Crippen LogP contribution in [-0.2, 0) is 4.74 Å². The molecule has 150 valence electrons. The first-order valence-electron chi connectivity index (χ1n) is 9.55. The summed E-state index contributed by atoms with van der Waals surface area (Å²) < 4.78 is 13.6. The van der Waals surface area contributed by atoms with Gasteiger partial charge in [-0.1, -0.05) is 17.7 Å². The second-order valence-electron chi connectivity index (χ2n) is 7.23. The van der Waals surface area contributed by atoms with E-state index in [-0.39, 0.29) is 5.56 Å². The Bertz CT molecular complexity index is 1040. The van der Waals surface area contributed by atoms with Gasteiger partial charge < -0.3 is 19.1 Å². The van der Waals surface area contributed by atoms with Gasteiger partial charge in [-0.05, 0) is 61.9 Å². The predicted octanol–water partition coefficient (Wildman–Crippen LogP) is 5.22. The number of hydrogen-bond donors (Lipinski definition) is 1. The van der Waals surface area contributed by atoms with Crippen LogP contribution < -0.4 is 4.74 Å². The Balaban J connectivity index is 1.75. The highest BCUT2D eigenvalue weighted by Crippen LogP contribution is 2.36. The number of aryl methyl sites for hydroxylation is 1. The van der Waals surface area contributed by atoms with Crippen LogP contribution in [0.1, 0.15) is 22.5 Å². The van der Waals surface area contributed by atoms with Gasteiger partial charge in [-0.15, -0.1) is 0 Å². The number of halogens is 1. The Morgan fingerprint density at radius 1 is 1.24 bits per heavy atom. The molecule has 1 fully saturated rings. The van der Waals surface area contributed by atoms with Crippen molar-refractivity contribution in [3.05, 3.63) is 70.9 Å². The summed E-state index contributed by atoms with van der Waals surface area (Å²) in [7, 11) is 0. The summed E-state index contributed by atoms with van der Waals surface area (Å²) in [4.78, 5) is 11.4. The summed E-state index contributed by atoms with van der Waals surface area (Å²) in [5, 5.41) is 9.97. The van der Waals surface area contributed by atoms with Crippen LogP contribution >= 0.6 is 11.6 Å². The van der Waals surface area contributed by atoms with Gasteiger partial charge in [0.2, 0.25) is 0 Å². The second kappa shape index (κ2) is 8.31. The Hall–Kier alpha value is -2.76. The highest BCUT2D eigenvalue weighted by Gasteiger charge is 2.19. The maximum absolute atomic E-state index is 11.4. The molecule has 0 radical (unpaired) electrons. The van der Waals surface area contributed by atoms with E-state index in [0.717, 1.165) is 48.0 Å². The van der Waals surface area contributed by atoms with Gasteiger partial charge in [0.1, 0.15) is 5.75 Å². The molecule has 2 aromatic carbocycles. The van der Waals surface area contributed by atoms with Gasteiger partial charge in [-0.3, -0.25) is 0 Å². The van der Waals surface area contributed by atoms with Crippen molar-refractivity contribution in [1.82, 2.24) is 4.57 Å². The number of carboxylic acids is 1. The average Bonchev–Trinajstić information content (AvgIpc) is 3.36. The van der Waals surface area contributed by atoms with Gasteiger partial charge in [0.05, 0.1) is 24.5 Å². The minimum atomic E-state index is -0.955. The van der Waals surface area contributed by atoms with E-state index >= 15 is 0 Å². The van der Waals surface area contributed by atoms with E-state index in [0.29, 0.717) is 17.5 Å². The lowest BCUT2D eigenvalue weighted by molar-refractivity contribution is 0.0697. The average molecular weight is 412 g/mol. The molecule has 1 atom stereocenters. The molecule has 1 aromatic heterocycles. The van der Waals surface area contributed by atoms with Crippen LogP contribution in [0.25, 0.3) is 16.9 Å². The van der Waals surface area contributed by atoms with Crippen molar-refractivity contribution in [2.45, 2.75) is 13.3 Å². The SMILES string of the molecule is Cc1ccc(-c2cc(Cl)ccc2OCC2CCOC2)n1-c1cccc(C(=O)O)c1. The monoisotopic (exact) mass is 411 g/mol. The molecule has 0 amide bonds. The van der Waals surface area contributed by atoms with Crippen LogP contribution in [0, 0.1) is 12.8 Å². The summed E-state index contributed by atoms with van der Waals surface area (Å²) >= 11 is 6.30. The maximum atomic E-state index is 11.4. The van der Waals surface area contributed by atoms with Crippen molar-refractivity contribution in [2.24, 2.45) is 5.92 Å². The maximum Gasteiger partial charge on any atom is 0.335 e. The zero-order chi connectivity index (χ0) is 20.4. The molecular weight excluding hydrogens is 390 g/mol. The van der Waals surface area contributed by atoms with Gasteiger partial charge in [-0.25, -0.2) is 4.79 Å². The highest BCUT2D eigenvalue weighted by atomic mass is 35.5. The molecule has 0 bridgehead atoms. The lowest BCUT2D eigenvalue weighted by Gasteiger charge is -2.17. The molecule has 1 unspecified atom stereocenters. The van der Waals surface area contributed by atoms with Gasteiger partial charge in [0.15, 0.2) is 0 Å². The van der Waals surface area contributed by atoms with E-state index in [1.54, 1.807) is 18.2 Å². The van der Waals surface area contributed by atoms with Gasteiger partial charge in [0, 0.05) is 34.5 Å². The van der Waals surface area contributed by atoms with Gasteiger partial charge in [0.25, 0.3) is 0 Å². The topological polar surface area (TPSA) is 60.7 Å². The van der Waals surface area contributed by atoms with Crippen molar-refractivity contribution >= 4 is 17.6 Å². The second-order valence-corrected chi connectivity index (χ2v) is 7.67. The van der Waals surface area contributed by atoms with Crippen molar-refractivity contribution in [1.29, 1.82) is 0 Å². The molecule has 2 heterocycles. The predicted molar refractivity (Wildman–Crippen MR) is 112 cm³/mol. The summed E-state index contributed by atoms with van der Waals surface area (Å²) in [6.45, 7) is 4.07. The molecule has 0 spiro atoms. The smallest absolute Gasteiger partial charge is 0.335 e. The summed E-state index contributed by atoms with van der Waals surface area (Å²) in [5.74, 6) is 0.179.